The standard InChI is InChI=1S/C20H26N2O3S.ClH/c1-4-20(23)17-6-5-7-18(12-17)26(24,25)22-13-19(21)16-10-8-15(9-11-16)14(2)3;/h5-12,14,19,22H,4,13,21H2,1-3H3;1H. The minimum absolute atomic E-state index is 0. The van der Waals surface area contributed by atoms with Crippen molar-refractivity contribution in [2.45, 2.75) is 44.0 Å². The molecule has 5 nitrogen and oxygen atoms in total. The van der Waals surface area contributed by atoms with Crippen LogP contribution < -0.4 is 10.5 Å². The first-order valence-corrected chi connectivity index (χ1v) is 10.2. The summed E-state index contributed by atoms with van der Waals surface area (Å²) in [6.07, 6.45) is 0.328. The van der Waals surface area contributed by atoms with E-state index in [1.807, 2.05) is 24.3 Å². The van der Waals surface area contributed by atoms with Gasteiger partial charge in [-0.15, -0.1) is 12.4 Å². The molecule has 0 aliphatic rings. The van der Waals surface area contributed by atoms with Gasteiger partial charge in [0, 0.05) is 24.6 Å². The zero-order valence-corrected chi connectivity index (χ0v) is 17.4. The van der Waals surface area contributed by atoms with Gasteiger partial charge in [-0.05, 0) is 29.2 Å². The molecule has 3 N–H and O–H groups in total. The molecule has 0 aliphatic heterocycles. The maximum Gasteiger partial charge on any atom is 0.240 e. The Bertz CT molecular complexity index is 865. The highest BCUT2D eigenvalue weighted by Crippen LogP contribution is 2.18. The molecule has 1 atom stereocenters. The number of rotatable bonds is 8. The van der Waals surface area contributed by atoms with Gasteiger partial charge >= 0.3 is 0 Å². The van der Waals surface area contributed by atoms with Crippen molar-refractivity contribution in [2.75, 3.05) is 6.54 Å². The van der Waals surface area contributed by atoms with Gasteiger partial charge in [0.05, 0.1) is 4.90 Å². The first kappa shape index (κ1) is 23.3. The summed E-state index contributed by atoms with van der Waals surface area (Å²) in [7, 11) is -3.73. The fourth-order valence-electron chi connectivity index (χ4n) is 2.57. The fourth-order valence-corrected chi connectivity index (χ4v) is 3.68. The maximum absolute atomic E-state index is 12.5. The summed E-state index contributed by atoms with van der Waals surface area (Å²) in [6.45, 7) is 6.04. The second-order valence-electron chi connectivity index (χ2n) is 6.58. The van der Waals surface area contributed by atoms with Gasteiger partial charge in [0.25, 0.3) is 0 Å². The van der Waals surface area contributed by atoms with Crippen LogP contribution in [0.3, 0.4) is 0 Å². The monoisotopic (exact) mass is 410 g/mol. The Morgan fingerprint density at radius 2 is 1.67 bits per heavy atom. The summed E-state index contributed by atoms with van der Waals surface area (Å²) in [5.74, 6) is 0.334. The Kier molecular flexibility index (Phi) is 8.62. The molecule has 0 bridgehead atoms. The van der Waals surface area contributed by atoms with Gasteiger partial charge in [0.15, 0.2) is 5.78 Å². The topological polar surface area (TPSA) is 89.3 Å². The van der Waals surface area contributed by atoms with Crippen LogP contribution in [0.25, 0.3) is 0 Å². The summed E-state index contributed by atoms with van der Waals surface area (Å²) >= 11 is 0. The van der Waals surface area contributed by atoms with E-state index < -0.39 is 16.1 Å². The molecule has 0 saturated heterocycles. The van der Waals surface area contributed by atoms with Crippen molar-refractivity contribution in [3.8, 4) is 0 Å². The lowest BCUT2D eigenvalue weighted by Crippen LogP contribution is -2.32. The van der Waals surface area contributed by atoms with Gasteiger partial charge in [-0.1, -0.05) is 57.2 Å². The molecule has 2 aromatic carbocycles. The number of nitrogens with one attached hydrogen (secondary N) is 1. The summed E-state index contributed by atoms with van der Waals surface area (Å²) in [5.41, 5.74) is 8.59. The van der Waals surface area contributed by atoms with E-state index in [1.54, 1.807) is 19.1 Å². The average Bonchev–Trinajstić information content (AvgIpc) is 2.65. The van der Waals surface area contributed by atoms with Crippen LogP contribution in [-0.2, 0) is 10.0 Å². The van der Waals surface area contributed by atoms with Crippen LogP contribution in [0, 0.1) is 0 Å². The quantitative estimate of drug-likeness (QED) is 0.647. The summed E-state index contributed by atoms with van der Waals surface area (Å²) < 4.78 is 27.5. The van der Waals surface area contributed by atoms with Crippen molar-refractivity contribution >= 4 is 28.2 Å². The minimum Gasteiger partial charge on any atom is -0.323 e. The average molecular weight is 411 g/mol. The number of sulfonamides is 1. The van der Waals surface area contributed by atoms with E-state index in [0.717, 1.165) is 5.56 Å². The molecule has 1 unspecified atom stereocenters. The molecule has 0 radical (unpaired) electrons. The largest absolute Gasteiger partial charge is 0.323 e. The first-order chi connectivity index (χ1) is 12.2. The SMILES string of the molecule is CCC(=O)c1cccc(S(=O)(=O)NCC(N)c2ccc(C(C)C)cc2)c1.Cl. The molecule has 148 valence electrons. The van der Waals surface area contributed by atoms with Crippen LogP contribution in [0.1, 0.15) is 60.6 Å². The Morgan fingerprint density at radius 3 is 2.22 bits per heavy atom. The van der Waals surface area contributed by atoms with Crippen LogP contribution in [-0.4, -0.2) is 20.7 Å². The molecule has 0 aromatic heterocycles. The van der Waals surface area contributed by atoms with Crippen molar-refractivity contribution in [1.29, 1.82) is 0 Å². The van der Waals surface area contributed by atoms with Crippen molar-refractivity contribution < 1.29 is 13.2 Å². The number of ketones is 1. The lowest BCUT2D eigenvalue weighted by molar-refractivity contribution is 0.0988. The predicted octanol–water partition coefficient (Wildman–Crippen LogP) is 3.80. The number of carbonyl (C=O) groups is 1. The number of halogens is 1. The number of carbonyl (C=O) groups excluding carboxylic acids is 1. The molecule has 7 heteroatoms. The lowest BCUT2D eigenvalue weighted by Gasteiger charge is -2.15. The zero-order chi connectivity index (χ0) is 19.3. The van der Waals surface area contributed by atoms with Crippen molar-refractivity contribution in [1.82, 2.24) is 4.72 Å². The lowest BCUT2D eigenvalue weighted by atomic mass is 9.99. The number of Topliss-reactive ketones (excluding diaryl/α,β-unsaturated/α-hetero) is 1. The van der Waals surface area contributed by atoms with Crippen LogP contribution >= 0.6 is 12.4 Å². The normalized spacial score (nSPS) is 12.5. The van der Waals surface area contributed by atoms with Gasteiger partial charge in [-0.25, -0.2) is 13.1 Å². The Hall–Kier alpha value is -1.73. The van der Waals surface area contributed by atoms with Gasteiger partial charge in [0.2, 0.25) is 10.0 Å². The Balaban J connectivity index is 0.00000364. The molecule has 2 rings (SSSR count). The fraction of sp³-hybridized carbons (Fsp3) is 0.350. The number of benzene rings is 2. The Morgan fingerprint density at radius 1 is 1.07 bits per heavy atom. The number of nitrogens with two attached hydrogens (primary N) is 1. The van der Waals surface area contributed by atoms with Gasteiger partial charge in [0.1, 0.15) is 0 Å². The van der Waals surface area contributed by atoms with Crippen LogP contribution in [0.5, 0.6) is 0 Å². The van der Waals surface area contributed by atoms with Crippen molar-refractivity contribution in [3.05, 3.63) is 65.2 Å². The van der Waals surface area contributed by atoms with E-state index in [4.69, 9.17) is 5.73 Å². The van der Waals surface area contributed by atoms with E-state index >= 15 is 0 Å². The molecule has 27 heavy (non-hydrogen) atoms. The van der Waals surface area contributed by atoms with Gasteiger partial charge in [-0.3, -0.25) is 4.79 Å². The van der Waals surface area contributed by atoms with Gasteiger partial charge in [-0.2, -0.15) is 0 Å². The third-order valence-corrected chi connectivity index (χ3v) is 5.73. The van der Waals surface area contributed by atoms with E-state index in [-0.39, 0.29) is 29.6 Å². The minimum atomic E-state index is -3.73. The molecule has 0 heterocycles. The number of hydrogen-bond acceptors (Lipinski definition) is 4. The number of hydrogen-bond donors (Lipinski definition) is 2. The van der Waals surface area contributed by atoms with Crippen LogP contribution in [0.2, 0.25) is 0 Å². The summed E-state index contributed by atoms with van der Waals surface area (Å²) in [6, 6.07) is 13.5. The summed E-state index contributed by atoms with van der Waals surface area (Å²) in [5, 5.41) is 0. The van der Waals surface area contributed by atoms with E-state index in [0.29, 0.717) is 17.9 Å². The molecule has 2 aromatic rings. The highest BCUT2D eigenvalue weighted by molar-refractivity contribution is 7.89. The Labute approximate surface area is 167 Å². The maximum atomic E-state index is 12.5. The molecule has 0 aliphatic carbocycles. The highest BCUT2D eigenvalue weighted by atomic mass is 35.5. The zero-order valence-electron chi connectivity index (χ0n) is 15.8. The molecule has 0 spiro atoms. The van der Waals surface area contributed by atoms with Crippen LogP contribution in [0.4, 0.5) is 0 Å². The van der Waals surface area contributed by atoms with Crippen molar-refractivity contribution in [3.63, 3.8) is 0 Å². The molecule has 0 fully saturated rings. The highest BCUT2D eigenvalue weighted by Gasteiger charge is 2.17. The molecule has 0 amide bonds. The van der Waals surface area contributed by atoms with E-state index in [9.17, 15) is 13.2 Å². The van der Waals surface area contributed by atoms with E-state index in [2.05, 4.69) is 18.6 Å². The van der Waals surface area contributed by atoms with Gasteiger partial charge < -0.3 is 5.73 Å². The second-order valence-corrected chi connectivity index (χ2v) is 8.35. The molecular weight excluding hydrogens is 384 g/mol. The summed E-state index contributed by atoms with van der Waals surface area (Å²) in [4.78, 5) is 11.9. The molecule has 0 saturated carbocycles. The van der Waals surface area contributed by atoms with E-state index in [1.165, 1.54) is 17.7 Å². The third kappa shape index (κ3) is 6.14. The first-order valence-electron chi connectivity index (χ1n) is 8.73. The predicted molar refractivity (Wildman–Crippen MR) is 111 cm³/mol. The molecular formula is C20H27ClN2O3S. The third-order valence-electron chi connectivity index (χ3n) is 4.31. The second kappa shape index (κ2) is 9.99. The smallest absolute Gasteiger partial charge is 0.240 e. The van der Waals surface area contributed by atoms with Crippen LogP contribution in [0.15, 0.2) is 53.4 Å². The van der Waals surface area contributed by atoms with Crippen molar-refractivity contribution in [2.24, 2.45) is 5.73 Å².